The van der Waals surface area contributed by atoms with Crippen molar-refractivity contribution in [2.45, 2.75) is 19.3 Å². The summed E-state index contributed by atoms with van der Waals surface area (Å²) in [5, 5.41) is 2.75. The minimum Gasteiger partial charge on any atom is -0.469 e. The van der Waals surface area contributed by atoms with Crippen LogP contribution in [0.1, 0.15) is 25.0 Å². The number of amides is 1. The zero-order chi connectivity index (χ0) is 9.26. The first-order chi connectivity index (χ1) is 6.25. The molecule has 0 aromatic carbocycles. The van der Waals surface area contributed by atoms with Crippen LogP contribution in [0.5, 0.6) is 0 Å². The molecule has 1 aliphatic heterocycles. The second kappa shape index (κ2) is 3.09. The Hall–Kier alpha value is -1.51. The zero-order valence-electron chi connectivity index (χ0n) is 7.41. The molecule has 0 aliphatic carbocycles. The molecule has 0 spiro atoms. The fourth-order valence-corrected chi connectivity index (χ4v) is 1.56. The summed E-state index contributed by atoms with van der Waals surface area (Å²) in [6, 6.07) is 3.73. The van der Waals surface area contributed by atoms with E-state index in [1.165, 1.54) is 0 Å². The van der Waals surface area contributed by atoms with Gasteiger partial charge in [-0.15, -0.1) is 0 Å². The van der Waals surface area contributed by atoms with E-state index >= 15 is 0 Å². The van der Waals surface area contributed by atoms with E-state index in [0.29, 0.717) is 6.42 Å². The molecule has 0 fully saturated rings. The smallest absolute Gasteiger partial charge is 0.225 e. The Balaban J connectivity index is 2.25. The highest BCUT2D eigenvalue weighted by atomic mass is 16.3. The molecule has 0 saturated heterocycles. The summed E-state index contributed by atoms with van der Waals surface area (Å²) < 4.78 is 5.25. The molecule has 2 rings (SSSR count). The van der Waals surface area contributed by atoms with Gasteiger partial charge in [0.05, 0.1) is 6.26 Å². The largest absolute Gasteiger partial charge is 0.469 e. The SMILES string of the molecule is CC1=C[C@H](c2ccco2)CC(=O)N1. The van der Waals surface area contributed by atoms with Gasteiger partial charge in [-0.25, -0.2) is 0 Å². The number of allylic oxidation sites excluding steroid dienone is 2. The lowest BCUT2D eigenvalue weighted by atomic mass is 9.98. The third-order valence-corrected chi connectivity index (χ3v) is 2.10. The first-order valence-corrected chi connectivity index (χ1v) is 4.27. The second-order valence-corrected chi connectivity index (χ2v) is 3.22. The molecule has 0 radical (unpaired) electrons. The maximum absolute atomic E-state index is 11.2. The molecule has 1 aromatic rings. The van der Waals surface area contributed by atoms with Gasteiger partial charge in [0, 0.05) is 18.0 Å². The van der Waals surface area contributed by atoms with Crippen molar-refractivity contribution >= 4 is 5.91 Å². The standard InChI is InChI=1S/C10H11NO2/c1-7-5-8(6-10(12)11-7)9-3-2-4-13-9/h2-5,8H,6H2,1H3,(H,11,12)/t8-/m0/s1. The van der Waals surface area contributed by atoms with Gasteiger partial charge in [0.25, 0.3) is 0 Å². The van der Waals surface area contributed by atoms with E-state index in [1.807, 2.05) is 25.1 Å². The third kappa shape index (κ3) is 1.64. The van der Waals surface area contributed by atoms with E-state index in [2.05, 4.69) is 5.32 Å². The van der Waals surface area contributed by atoms with Gasteiger partial charge < -0.3 is 9.73 Å². The van der Waals surface area contributed by atoms with Gasteiger partial charge in [0.2, 0.25) is 5.91 Å². The predicted octanol–water partition coefficient (Wildman–Crippen LogP) is 1.79. The second-order valence-electron chi connectivity index (χ2n) is 3.22. The number of carbonyl (C=O) groups is 1. The predicted molar refractivity (Wildman–Crippen MR) is 48.0 cm³/mol. The Morgan fingerprint density at radius 1 is 1.62 bits per heavy atom. The first-order valence-electron chi connectivity index (χ1n) is 4.27. The average molecular weight is 177 g/mol. The van der Waals surface area contributed by atoms with E-state index in [4.69, 9.17) is 4.42 Å². The highest BCUT2D eigenvalue weighted by Crippen LogP contribution is 2.25. The molecule has 0 bridgehead atoms. The molecule has 0 saturated carbocycles. The lowest BCUT2D eigenvalue weighted by Gasteiger charge is -2.17. The molecule has 1 atom stereocenters. The van der Waals surface area contributed by atoms with Gasteiger partial charge in [-0.1, -0.05) is 6.08 Å². The molecule has 0 unspecified atom stereocenters. The summed E-state index contributed by atoms with van der Waals surface area (Å²) in [5.74, 6) is 1.01. The summed E-state index contributed by atoms with van der Waals surface area (Å²) in [7, 11) is 0. The van der Waals surface area contributed by atoms with Crippen LogP contribution in [0.4, 0.5) is 0 Å². The molecule has 1 amide bonds. The molecule has 1 aromatic heterocycles. The van der Waals surface area contributed by atoms with Crippen molar-refractivity contribution < 1.29 is 9.21 Å². The van der Waals surface area contributed by atoms with Gasteiger partial charge in [-0.2, -0.15) is 0 Å². The maximum atomic E-state index is 11.2. The van der Waals surface area contributed by atoms with Crippen molar-refractivity contribution in [2.75, 3.05) is 0 Å². The Morgan fingerprint density at radius 3 is 3.08 bits per heavy atom. The average Bonchev–Trinajstić information content (AvgIpc) is 2.53. The Kier molecular flexibility index (Phi) is 1.93. The van der Waals surface area contributed by atoms with Crippen LogP contribution in [0, 0.1) is 0 Å². The zero-order valence-corrected chi connectivity index (χ0v) is 7.41. The van der Waals surface area contributed by atoms with Crippen LogP contribution in [0.15, 0.2) is 34.6 Å². The number of nitrogens with one attached hydrogen (secondary N) is 1. The minimum absolute atomic E-state index is 0.0569. The third-order valence-electron chi connectivity index (χ3n) is 2.10. The van der Waals surface area contributed by atoms with Gasteiger partial charge in [-0.05, 0) is 19.1 Å². The van der Waals surface area contributed by atoms with Crippen molar-refractivity contribution in [3.05, 3.63) is 35.9 Å². The number of hydrogen-bond donors (Lipinski definition) is 1. The highest BCUT2D eigenvalue weighted by Gasteiger charge is 2.20. The summed E-state index contributed by atoms with van der Waals surface area (Å²) in [5.41, 5.74) is 0.901. The molecule has 2 heterocycles. The number of rotatable bonds is 1. The summed E-state index contributed by atoms with van der Waals surface area (Å²) in [6.07, 6.45) is 4.12. The Bertz CT molecular complexity index is 338. The normalized spacial score (nSPS) is 22.4. The summed E-state index contributed by atoms with van der Waals surface area (Å²) in [6.45, 7) is 1.88. The van der Waals surface area contributed by atoms with Gasteiger partial charge in [0.1, 0.15) is 5.76 Å². The van der Waals surface area contributed by atoms with Crippen molar-refractivity contribution in [3.63, 3.8) is 0 Å². The Morgan fingerprint density at radius 2 is 2.46 bits per heavy atom. The quantitative estimate of drug-likeness (QED) is 0.710. The van der Waals surface area contributed by atoms with Crippen LogP contribution in [-0.4, -0.2) is 5.91 Å². The van der Waals surface area contributed by atoms with E-state index in [0.717, 1.165) is 11.5 Å². The Labute approximate surface area is 76.4 Å². The number of hydrogen-bond acceptors (Lipinski definition) is 2. The molecule has 3 nitrogen and oxygen atoms in total. The fourth-order valence-electron chi connectivity index (χ4n) is 1.56. The number of carbonyl (C=O) groups excluding carboxylic acids is 1. The van der Waals surface area contributed by atoms with Crippen molar-refractivity contribution in [3.8, 4) is 0 Å². The molecular weight excluding hydrogens is 166 g/mol. The fraction of sp³-hybridized carbons (Fsp3) is 0.300. The van der Waals surface area contributed by atoms with Crippen LogP contribution in [0.25, 0.3) is 0 Å². The van der Waals surface area contributed by atoms with E-state index in [1.54, 1.807) is 6.26 Å². The van der Waals surface area contributed by atoms with Crippen LogP contribution in [0.2, 0.25) is 0 Å². The van der Waals surface area contributed by atoms with Crippen LogP contribution >= 0.6 is 0 Å². The molecule has 1 N–H and O–H groups in total. The summed E-state index contributed by atoms with van der Waals surface area (Å²) in [4.78, 5) is 11.2. The lowest BCUT2D eigenvalue weighted by molar-refractivity contribution is -0.121. The topological polar surface area (TPSA) is 42.2 Å². The molecule has 68 valence electrons. The minimum atomic E-state index is 0.0569. The van der Waals surface area contributed by atoms with Gasteiger partial charge in [-0.3, -0.25) is 4.79 Å². The molecule has 3 heteroatoms. The van der Waals surface area contributed by atoms with Gasteiger partial charge >= 0.3 is 0 Å². The van der Waals surface area contributed by atoms with E-state index < -0.39 is 0 Å². The molecule has 13 heavy (non-hydrogen) atoms. The lowest BCUT2D eigenvalue weighted by Crippen LogP contribution is -2.27. The van der Waals surface area contributed by atoms with Crippen molar-refractivity contribution in [2.24, 2.45) is 0 Å². The van der Waals surface area contributed by atoms with Crippen LogP contribution in [0.3, 0.4) is 0 Å². The summed E-state index contributed by atoms with van der Waals surface area (Å²) >= 11 is 0. The van der Waals surface area contributed by atoms with Crippen molar-refractivity contribution in [1.82, 2.24) is 5.32 Å². The molecular formula is C10H11NO2. The first kappa shape index (κ1) is 8.10. The van der Waals surface area contributed by atoms with E-state index in [9.17, 15) is 4.79 Å². The van der Waals surface area contributed by atoms with E-state index in [-0.39, 0.29) is 11.8 Å². The highest BCUT2D eigenvalue weighted by molar-refractivity contribution is 5.80. The van der Waals surface area contributed by atoms with Crippen LogP contribution < -0.4 is 5.32 Å². The monoisotopic (exact) mass is 177 g/mol. The molecule has 1 aliphatic rings. The van der Waals surface area contributed by atoms with Crippen LogP contribution in [-0.2, 0) is 4.79 Å². The number of furan rings is 1. The van der Waals surface area contributed by atoms with Crippen molar-refractivity contribution in [1.29, 1.82) is 0 Å². The van der Waals surface area contributed by atoms with Gasteiger partial charge in [0.15, 0.2) is 0 Å². The maximum Gasteiger partial charge on any atom is 0.225 e.